The van der Waals surface area contributed by atoms with Crippen LogP contribution in [0, 0.1) is 0 Å². The minimum atomic E-state index is -2.69. The number of hydrogen-bond donors (Lipinski definition) is 2. The van der Waals surface area contributed by atoms with Crippen molar-refractivity contribution in [3.8, 4) is 0 Å². The lowest BCUT2D eigenvalue weighted by Gasteiger charge is -2.12. The summed E-state index contributed by atoms with van der Waals surface area (Å²) in [5.74, 6) is -2.69. The number of benzene rings is 1. The van der Waals surface area contributed by atoms with Crippen LogP contribution in [0.1, 0.15) is 12.5 Å². The molecule has 3 N–H and O–H groups in total. The van der Waals surface area contributed by atoms with E-state index < -0.39 is 5.92 Å². The van der Waals surface area contributed by atoms with Crippen LogP contribution in [0.25, 0.3) is 0 Å². The van der Waals surface area contributed by atoms with E-state index in [0.717, 1.165) is 12.5 Å². The van der Waals surface area contributed by atoms with E-state index >= 15 is 0 Å². The highest BCUT2D eigenvalue weighted by molar-refractivity contribution is 5.44. The molecule has 0 amide bonds. The van der Waals surface area contributed by atoms with Gasteiger partial charge in [0.15, 0.2) is 0 Å². The Kier molecular flexibility index (Phi) is 3.41. The first-order chi connectivity index (χ1) is 6.51. The van der Waals surface area contributed by atoms with E-state index in [-0.39, 0.29) is 6.54 Å². The van der Waals surface area contributed by atoms with Crippen LogP contribution in [-0.4, -0.2) is 12.5 Å². The van der Waals surface area contributed by atoms with Crippen LogP contribution in [0.2, 0.25) is 0 Å². The maximum atomic E-state index is 12.5. The van der Waals surface area contributed by atoms with Crippen molar-refractivity contribution in [1.82, 2.24) is 0 Å². The molecule has 14 heavy (non-hydrogen) atoms. The minimum Gasteiger partial charge on any atom is -0.379 e. The van der Waals surface area contributed by atoms with Gasteiger partial charge in [0.05, 0.1) is 6.54 Å². The second kappa shape index (κ2) is 4.37. The topological polar surface area (TPSA) is 38.0 Å². The van der Waals surface area contributed by atoms with Crippen molar-refractivity contribution in [1.29, 1.82) is 0 Å². The second-order valence-electron chi connectivity index (χ2n) is 3.32. The molecule has 0 radical (unpaired) electrons. The second-order valence-corrected chi connectivity index (χ2v) is 3.32. The highest BCUT2D eigenvalue weighted by Gasteiger charge is 2.19. The van der Waals surface area contributed by atoms with Crippen molar-refractivity contribution in [2.75, 3.05) is 11.9 Å². The summed E-state index contributed by atoms with van der Waals surface area (Å²) in [4.78, 5) is 0. The molecule has 0 saturated heterocycles. The molecule has 4 heteroatoms. The van der Waals surface area contributed by atoms with Crippen LogP contribution in [-0.2, 0) is 6.54 Å². The van der Waals surface area contributed by atoms with Gasteiger partial charge >= 0.3 is 0 Å². The van der Waals surface area contributed by atoms with E-state index in [1.54, 1.807) is 12.1 Å². The zero-order valence-corrected chi connectivity index (χ0v) is 8.06. The number of nitrogens with two attached hydrogens (primary N) is 1. The van der Waals surface area contributed by atoms with Crippen LogP contribution in [0.15, 0.2) is 24.3 Å². The van der Waals surface area contributed by atoms with E-state index in [2.05, 4.69) is 5.32 Å². The van der Waals surface area contributed by atoms with Gasteiger partial charge in [-0.25, -0.2) is 8.78 Å². The third-order valence-electron chi connectivity index (χ3n) is 1.79. The van der Waals surface area contributed by atoms with Gasteiger partial charge in [0, 0.05) is 19.2 Å². The first kappa shape index (κ1) is 10.9. The van der Waals surface area contributed by atoms with Crippen LogP contribution in [0.4, 0.5) is 14.5 Å². The molecule has 0 heterocycles. The Bertz CT molecular complexity index is 277. The molecule has 1 rings (SSSR count). The summed E-state index contributed by atoms with van der Waals surface area (Å²) < 4.78 is 24.9. The van der Waals surface area contributed by atoms with E-state index in [0.29, 0.717) is 12.2 Å². The van der Waals surface area contributed by atoms with Crippen LogP contribution in [0.3, 0.4) is 0 Å². The predicted octanol–water partition coefficient (Wildman–Crippen LogP) is 2.21. The van der Waals surface area contributed by atoms with Gasteiger partial charge in [-0.2, -0.15) is 0 Å². The number of halogens is 2. The number of alkyl halides is 2. The molecular formula is C10H14F2N2. The highest BCUT2D eigenvalue weighted by Crippen LogP contribution is 2.14. The Hall–Kier alpha value is -1.16. The molecule has 0 unspecified atom stereocenters. The van der Waals surface area contributed by atoms with Gasteiger partial charge in [0.25, 0.3) is 5.92 Å². The van der Waals surface area contributed by atoms with E-state index in [4.69, 9.17) is 5.73 Å². The highest BCUT2D eigenvalue weighted by atomic mass is 19.3. The van der Waals surface area contributed by atoms with Crippen LogP contribution in [0.5, 0.6) is 0 Å². The lowest BCUT2D eigenvalue weighted by atomic mass is 10.2. The largest absolute Gasteiger partial charge is 0.379 e. The fraction of sp³-hybridized carbons (Fsp3) is 0.400. The molecule has 0 aliphatic heterocycles. The fourth-order valence-electron chi connectivity index (χ4n) is 1.02. The Balaban J connectivity index is 2.52. The molecular weight excluding hydrogens is 186 g/mol. The molecule has 0 atom stereocenters. The SMILES string of the molecule is CC(F)(F)CNc1ccc(CN)cc1. The number of nitrogens with one attached hydrogen (secondary N) is 1. The third-order valence-corrected chi connectivity index (χ3v) is 1.79. The Labute approximate surface area is 82.1 Å². The van der Waals surface area contributed by atoms with Crippen molar-refractivity contribution in [3.63, 3.8) is 0 Å². The summed E-state index contributed by atoms with van der Waals surface area (Å²) >= 11 is 0. The molecule has 1 aromatic rings. The lowest BCUT2D eigenvalue weighted by molar-refractivity contribution is 0.0368. The minimum absolute atomic E-state index is 0.352. The Morgan fingerprint density at radius 2 is 1.86 bits per heavy atom. The summed E-state index contributed by atoms with van der Waals surface area (Å²) in [5, 5.41) is 2.65. The quantitative estimate of drug-likeness (QED) is 0.782. The van der Waals surface area contributed by atoms with Crippen molar-refractivity contribution in [2.45, 2.75) is 19.4 Å². The van der Waals surface area contributed by atoms with E-state index in [9.17, 15) is 8.78 Å². The molecule has 1 aromatic carbocycles. The third kappa shape index (κ3) is 3.70. The lowest BCUT2D eigenvalue weighted by Crippen LogP contribution is -2.22. The van der Waals surface area contributed by atoms with Gasteiger partial charge in [0.1, 0.15) is 0 Å². The number of hydrogen-bond acceptors (Lipinski definition) is 2. The summed E-state index contributed by atoms with van der Waals surface area (Å²) in [6.07, 6.45) is 0. The van der Waals surface area contributed by atoms with Crippen molar-refractivity contribution in [3.05, 3.63) is 29.8 Å². The maximum Gasteiger partial charge on any atom is 0.262 e. The van der Waals surface area contributed by atoms with Crippen molar-refractivity contribution >= 4 is 5.69 Å². The normalized spacial score (nSPS) is 11.4. The standard InChI is InChI=1S/C10H14F2N2/c1-10(11,12)7-14-9-4-2-8(6-13)3-5-9/h2-5,14H,6-7,13H2,1H3. The van der Waals surface area contributed by atoms with Crippen molar-refractivity contribution in [2.24, 2.45) is 5.73 Å². The molecule has 78 valence electrons. The summed E-state index contributed by atoms with van der Waals surface area (Å²) in [6.45, 7) is 0.993. The average molecular weight is 200 g/mol. The van der Waals surface area contributed by atoms with Crippen LogP contribution < -0.4 is 11.1 Å². The van der Waals surface area contributed by atoms with Gasteiger partial charge in [-0.3, -0.25) is 0 Å². The van der Waals surface area contributed by atoms with Gasteiger partial charge < -0.3 is 11.1 Å². The fourth-order valence-corrected chi connectivity index (χ4v) is 1.02. The summed E-state index contributed by atoms with van der Waals surface area (Å²) in [6, 6.07) is 7.12. The molecule has 0 bridgehead atoms. The first-order valence-corrected chi connectivity index (χ1v) is 4.42. The smallest absolute Gasteiger partial charge is 0.262 e. The van der Waals surface area contributed by atoms with E-state index in [1.807, 2.05) is 12.1 Å². The van der Waals surface area contributed by atoms with E-state index in [1.165, 1.54) is 0 Å². The number of rotatable bonds is 4. The Morgan fingerprint density at radius 1 is 1.29 bits per heavy atom. The summed E-state index contributed by atoms with van der Waals surface area (Å²) in [5.41, 5.74) is 7.07. The zero-order chi connectivity index (χ0) is 10.6. The Morgan fingerprint density at radius 3 is 2.29 bits per heavy atom. The van der Waals surface area contributed by atoms with Gasteiger partial charge in [-0.1, -0.05) is 12.1 Å². The molecule has 0 aliphatic rings. The van der Waals surface area contributed by atoms with Gasteiger partial charge in [0.2, 0.25) is 0 Å². The zero-order valence-electron chi connectivity index (χ0n) is 8.06. The summed E-state index contributed by atoms with van der Waals surface area (Å²) in [7, 11) is 0. The predicted molar refractivity (Wildman–Crippen MR) is 53.4 cm³/mol. The molecule has 0 aliphatic carbocycles. The van der Waals surface area contributed by atoms with Crippen LogP contribution >= 0.6 is 0 Å². The molecule has 0 saturated carbocycles. The monoisotopic (exact) mass is 200 g/mol. The first-order valence-electron chi connectivity index (χ1n) is 4.42. The molecule has 0 aromatic heterocycles. The van der Waals surface area contributed by atoms with Crippen molar-refractivity contribution < 1.29 is 8.78 Å². The average Bonchev–Trinajstić information content (AvgIpc) is 2.14. The van der Waals surface area contributed by atoms with Gasteiger partial charge in [-0.15, -0.1) is 0 Å². The number of anilines is 1. The maximum absolute atomic E-state index is 12.5. The molecule has 2 nitrogen and oxygen atoms in total. The van der Waals surface area contributed by atoms with Gasteiger partial charge in [-0.05, 0) is 17.7 Å². The molecule has 0 fully saturated rings. The molecule has 0 spiro atoms.